The zero-order valence-electron chi connectivity index (χ0n) is 13.3. The lowest BCUT2D eigenvalue weighted by molar-refractivity contribution is 0.194. The molecule has 0 fully saturated rings. The van der Waals surface area contributed by atoms with Crippen LogP contribution in [0.4, 0.5) is 9.59 Å². The van der Waals surface area contributed by atoms with E-state index in [4.69, 9.17) is 5.41 Å². The Labute approximate surface area is 126 Å². The summed E-state index contributed by atoms with van der Waals surface area (Å²) in [5.41, 5.74) is 0. The summed E-state index contributed by atoms with van der Waals surface area (Å²) in [5.74, 6) is 0. The van der Waals surface area contributed by atoms with Crippen molar-refractivity contribution < 1.29 is 14.3 Å². The van der Waals surface area contributed by atoms with Crippen LogP contribution in [0.15, 0.2) is 0 Å². The molecule has 7 nitrogen and oxygen atoms in total. The number of nitrogens with zero attached hydrogens (tertiary/aromatic N) is 1. The Morgan fingerprint density at radius 3 is 2.14 bits per heavy atom. The van der Waals surface area contributed by atoms with Crippen LogP contribution in [0.2, 0.25) is 0 Å². The van der Waals surface area contributed by atoms with Gasteiger partial charge in [-0.15, -0.1) is 0 Å². The molecule has 122 valence electrons. The first-order valence-electron chi connectivity index (χ1n) is 7.56. The highest BCUT2D eigenvalue weighted by molar-refractivity contribution is 6.08. The fourth-order valence-electron chi connectivity index (χ4n) is 1.78. The molecule has 0 aliphatic rings. The van der Waals surface area contributed by atoms with Gasteiger partial charge in [0.2, 0.25) is 0 Å². The Morgan fingerprint density at radius 1 is 1.00 bits per heavy atom. The van der Waals surface area contributed by atoms with Gasteiger partial charge in [-0.1, -0.05) is 39.0 Å². The number of carbonyl (C=O) groups excluding carboxylic acids is 2. The molecule has 0 rings (SSSR count). The van der Waals surface area contributed by atoms with E-state index in [0.717, 1.165) is 19.3 Å². The molecule has 0 saturated carbocycles. The minimum atomic E-state index is -0.662. The van der Waals surface area contributed by atoms with Crippen molar-refractivity contribution in [3.05, 3.63) is 0 Å². The molecule has 0 aromatic rings. The van der Waals surface area contributed by atoms with E-state index in [1.54, 1.807) is 6.92 Å². The van der Waals surface area contributed by atoms with Crippen LogP contribution in [0, 0.1) is 5.41 Å². The number of ether oxygens (including phenoxy) is 1. The second kappa shape index (κ2) is 12.0. The van der Waals surface area contributed by atoms with Crippen molar-refractivity contribution >= 4 is 18.1 Å². The van der Waals surface area contributed by atoms with Crippen molar-refractivity contribution in [3.63, 3.8) is 0 Å². The van der Waals surface area contributed by atoms with Gasteiger partial charge in [0.05, 0.1) is 7.11 Å². The van der Waals surface area contributed by atoms with Crippen LogP contribution in [-0.2, 0) is 4.74 Å². The van der Waals surface area contributed by atoms with E-state index < -0.39 is 18.1 Å². The molecule has 0 unspecified atom stereocenters. The molecule has 21 heavy (non-hydrogen) atoms. The number of hydrogen-bond acceptors (Lipinski definition) is 4. The van der Waals surface area contributed by atoms with Gasteiger partial charge in [-0.05, 0) is 13.3 Å². The maximum Gasteiger partial charge on any atom is 0.333 e. The number of methoxy groups -OCH3 is 1. The van der Waals surface area contributed by atoms with E-state index in [9.17, 15) is 9.59 Å². The molecule has 0 saturated heterocycles. The summed E-state index contributed by atoms with van der Waals surface area (Å²) in [5, 5.41) is 12.6. The van der Waals surface area contributed by atoms with Crippen molar-refractivity contribution in [2.24, 2.45) is 0 Å². The number of rotatable bonds is 8. The fraction of sp³-hybridized carbons (Fsp3) is 0.786. The van der Waals surface area contributed by atoms with E-state index >= 15 is 0 Å². The maximum absolute atomic E-state index is 11.9. The summed E-state index contributed by atoms with van der Waals surface area (Å²) < 4.78 is 4.66. The minimum absolute atomic E-state index is 0.372. The number of imide groups is 1. The lowest BCUT2D eigenvalue weighted by atomic mass is 10.1. The first-order chi connectivity index (χ1) is 10.1. The number of carbonyl (C=O) groups is 2. The van der Waals surface area contributed by atoms with Crippen LogP contribution in [-0.4, -0.2) is 43.2 Å². The van der Waals surface area contributed by atoms with E-state index in [0.29, 0.717) is 18.0 Å². The second-order valence-corrected chi connectivity index (χ2v) is 4.68. The normalized spacial score (nSPS) is 9.86. The highest BCUT2D eigenvalue weighted by atomic mass is 16.5. The van der Waals surface area contributed by atoms with Gasteiger partial charge in [0, 0.05) is 13.1 Å². The number of unbranched alkanes of at least 4 members (excludes halogenated alkanes) is 5. The molecule has 0 aliphatic carbocycles. The molecule has 0 spiro atoms. The molecular formula is C14H28N4O3. The molecule has 0 atom stereocenters. The van der Waals surface area contributed by atoms with Crippen LogP contribution in [0.5, 0.6) is 0 Å². The van der Waals surface area contributed by atoms with Gasteiger partial charge >= 0.3 is 18.1 Å². The van der Waals surface area contributed by atoms with Crippen molar-refractivity contribution in [2.75, 3.05) is 20.2 Å². The first kappa shape index (κ1) is 19.2. The number of nitrogens with one attached hydrogen (secondary N) is 3. The molecule has 0 aromatic carbocycles. The summed E-state index contributed by atoms with van der Waals surface area (Å²) in [4.78, 5) is 24.3. The summed E-state index contributed by atoms with van der Waals surface area (Å²) in [6.07, 6.45) is 6.71. The van der Waals surface area contributed by atoms with Crippen LogP contribution < -0.4 is 10.6 Å². The molecule has 3 N–H and O–H groups in total. The van der Waals surface area contributed by atoms with E-state index in [1.165, 1.54) is 26.4 Å². The number of urea groups is 2. The quantitative estimate of drug-likeness (QED) is 0.365. The largest absolute Gasteiger partial charge is 0.468 e. The van der Waals surface area contributed by atoms with Gasteiger partial charge in [-0.3, -0.25) is 5.41 Å². The summed E-state index contributed by atoms with van der Waals surface area (Å²) in [6, 6.07) is -1.80. The summed E-state index contributed by atoms with van der Waals surface area (Å²) >= 11 is 0. The number of amides is 4. The van der Waals surface area contributed by atoms with Crippen molar-refractivity contribution in [2.45, 2.75) is 52.4 Å². The molecule has 0 heterocycles. The second-order valence-electron chi connectivity index (χ2n) is 4.68. The molecule has 0 aromatic heterocycles. The van der Waals surface area contributed by atoms with Crippen LogP contribution in [0.25, 0.3) is 0 Å². The summed E-state index contributed by atoms with van der Waals surface area (Å²) in [6.45, 7) is 4.76. The Balaban J connectivity index is 4.12. The molecule has 0 aliphatic heterocycles. The van der Waals surface area contributed by atoms with Crippen LogP contribution >= 0.6 is 0 Å². The van der Waals surface area contributed by atoms with Crippen molar-refractivity contribution in [1.82, 2.24) is 15.5 Å². The fourth-order valence-corrected chi connectivity index (χ4v) is 1.78. The van der Waals surface area contributed by atoms with Crippen molar-refractivity contribution in [1.29, 1.82) is 5.41 Å². The average molecular weight is 300 g/mol. The Morgan fingerprint density at radius 2 is 1.57 bits per heavy atom. The highest BCUT2D eigenvalue weighted by Crippen LogP contribution is 2.04. The zero-order valence-corrected chi connectivity index (χ0v) is 13.3. The summed E-state index contributed by atoms with van der Waals surface area (Å²) in [7, 11) is 1.25. The SMILES string of the molecule is CCCCCCCCNC(=O)N(C(=N)OC)C(=O)NCC. The van der Waals surface area contributed by atoms with Gasteiger partial charge in [0.1, 0.15) is 0 Å². The molecule has 7 heteroatoms. The third-order valence-corrected chi connectivity index (χ3v) is 2.94. The van der Waals surface area contributed by atoms with Gasteiger partial charge < -0.3 is 15.4 Å². The molecule has 0 bridgehead atoms. The van der Waals surface area contributed by atoms with Gasteiger partial charge in [-0.25, -0.2) is 9.59 Å². The molecule has 4 amide bonds. The topological polar surface area (TPSA) is 94.5 Å². The third kappa shape index (κ3) is 8.16. The predicted molar refractivity (Wildman–Crippen MR) is 82.4 cm³/mol. The Bertz CT molecular complexity index is 334. The van der Waals surface area contributed by atoms with Crippen molar-refractivity contribution in [3.8, 4) is 0 Å². The van der Waals surface area contributed by atoms with E-state index in [-0.39, 0.29) is 0 Å². The smallest absolute Gasteiger partial charge is 0.333 e. The molecule has 0 radical (unpaired) electrons. The standard InChI is InChI=1S/C14H28N4O3/c1-4-6-7-8-9-10-11-17-14(20)18(12(15)21-3)13(19)16-5-2/h15H,4-11H2,1-3H3,(H,16,19)(H,17,20). The molecular weight excluding hydrogens is 272 g/mol. The van der Waals surface area contributed by atoms with Crippen LogP contribution in [0.3, 0.4) is 0 Å². The Hall–Kier alpha value is -1.79. The van der Waals surface area contributed by atoms with E-state index in [1.807, 2.05) is 0 Å². The zero-order chi connectivity index (χ0) is 16.1. The lowest BCUT2D eigenvalue weighted by Crippen LogP contribution is -2.51. The van der Waals surface area contributed by atoms with Gasteiger partial charge in [-0.2, -0.15) is 4.90 Å². The van der Waals surface area contributed by atoms with Gasteiger partial charge in [0.25, 0.3) is 0 Å². The first-order valence-corrected chi connectivity index (χ1v) is 7.56. The predicted octanol–water partition coefficient (Wildman–Crippen LogP) is 2.67. The minimum Gasteiger partial charge on any atom is -0.468 e. The number of amidine groups is 1. The lowest BCUT2D eigenvalue weighted by Gasteiger charge is -2.20. The van der Waals surface area contributed by atoms with E-state index in [2.05, 4.69) is 22.3 Å². The third-order valence-electron chi connectivity index (χ3n) is 2.94. The number of hydrogen-bond donors (Lipinski definition) is 3. The van der Waals surface area contributed by atoms with Gasteiger partial charge in [0.15, 0.2) is 0 Å². The van der Waals surface area contributed by atoms with Crippen LogP contribution in [0.1, 0.15) is 52.4 Å². The monoisotopic (exact) mass is 300 g/mol. The average Bonchev–Trinajstić information content (AvgIpc) is 2.46. The highest BCUT2D eigenvalue weighted by Gasteiger charge is 2.26. The Kier molecular flexibility index (Phi) is 11.0. The maximum atomic E-state index is 11.9.